The Hall–Kier alpha value is -3.00. The standard InChI is InChI=1S/C26H27FN2O3S/c1-28-22(13-14-23(31)18-8-10-19(27)11-9-18)25(21-12-7-17(16-30)15-24(21)32)29(26(28)33)20-5-3-2-4-6-20/h2-12,15,22-23,25,30-32H,13-14,16H2,1H3/t22-,23?,25?/m0/s1. The van der Waals surface area contributed by atoms with Gasteiger partial charge in [0.25, 0.3) is 0 Å². The van der Waals surface area contributed by atoms with E-state index in [9.17, 15) is 19.7 Å². The molecule has 4 rings (SSSR count). The second-order valence-corrected chi connectivity index (χ2v) is 8.67. The van der Waals surface area contributed by atoms with Crippen LogP contribution in [-0.4, -0.2) is 38.4 Å². The van der Waals surface area contributed by atoms with Gasteiger partial charge in [0.1, 0.15) is 11.6 Å². The Morgan fingerprint density at radius 2 is 1.73 bits per heavy atom. The summed E-state index contributed by atoms with van der Waals surface area (Å²) in [7, 11) is 1.92. The van der Waals surface area contributed by atoms with Gasteiger partial charge in [-0.15, -0.1) is 0 Å². The van der Waals surface area contributed by atoms with Crippen molar-refractivity contribution in [1.82, 2.24) is 4.90 Å². The Balaban J connectivity index is 1.67. The van der Waals surface area contributed by atoms with Gasteiger partial charge in [-0.05, 0) is 66.5 Å². The smallest absolute Gasteiger partial charge is 0.176 e. The van der Waals surface area contributed by atoms with Crippen molar-refractivity contribution in [2.75, 3.05) is 11.9 Å². The van der Waals surface area contributed by atoms with Gasteiger partial charge in [-0.25, -0.2) is 4.39 Å². The lowest BCUT2D eigenvalue weighted by Crippen LogP contribution is -2.31. The van der Waals surface area contributed by atoms with E-state index < -0.39 is 6.10 Å². The van der Waals surface area contributed by atoms with E-state index in [1.807, 2.05) is 53.2 Å². The molecule has 1 aliphatic heterocycles. The minimum absolute atomic E-state index is 0.0923. The Labute approximate surface area is 198 Å². The number of aromatic hydroxyl groups is 1. The first-order valence-corrected chi connectivity index (χ1v) is 11.3. The number of para-hydroxylation sites is 1. The second-order valence-electron chi connectivity index (χ2n) is 8.31. The van der Waals surface area contributed by atoms with Gasteiger partial charge in [-0.1, -0.05) is 42.5 Å². The average molecular weight is 467 g/mol. The first kappa shape index (κ1) is 23.2. The topological polar surface area (TPSA) is 67.2 Å². The molecule has 1 fully saturated rings. The molecule has 0 aromatic heterocycles. The summed E-state index contributed by atoms with van der Waals surface area (Å²) in [5.41, 5.74) is 2.89. The average Bonchev–Trinajstić information content (AvgIpc) is 3.08. The first-order valence-electron chi connectivity index (χ1n) is 10.9. The molecule has 0 bridgehead atoms. The van der Waals surface area contributed by atoms with Crippen LogP contribution in [0, 0.1) is 5.82 Å². The van der Waals surface area contributed by atoms with Crippen molar-refractivity contribution >= 4 is 23.0 Å². The third-order valence-electron chi connectivity index (χ3n) is 6.27. The summed E-state index contributed by atoms with van der Waals surface area (Å²) in [6.07, 6.45) is 0.284. The fraction of sp³-hybridized carbons (Fsp3) is 0.269. The lowest BCUT2D eigenvalue weighted by atomic mass is 9.91. The summed E-state index contributed by atoms with van der Waals surface area (Å²) in [4.78, 5) is 4.03. The van der Waals surface area contributed by atoms with E-state index in [4.69, 9.17) is 12.2 Å². The third kappa shape index (κ3) is 4.71. The number of likely N-dealkylation sites (N-methyl/N-ethyl adjacent to an activating group) is 1. The van der Waals surface area contributed by atoms with Crippen LogP contribution in [0.4, 0.5) is 10.1 Å². The lowest BCUT2D eigenvalue weighted by Gasteiger charge is -2.29. The van der Waals surface area contributed by atoms with Gasteiger partial charge in [-0.2, -0.15) is 0 Å². The van der Waals surface area contributed by atoms with Crippen LogP contribution >= 0.6 is 12.2 Å². The van der Waals surface area contributed by atoms with Gasteiger partial charge < -0.3 is 25.1 Å². The van der Waals surface area contributed by atoms with E-state index in [1.54, 1.807) is 24.3 Å². The van der Waals surface area contributed by atoms with Crippen LogP contribution in [0.2, 0.25) is 0 Å². The van der Waals surface area contributed by atoms with E-state index in [1.165, 1.54) is 12.1 Å². The van der Waals surface area contributed by atoms with E-state index in [2.05, 4.69) is 0 Å². The number of anilines is 1. The zero-order valence-electron chi connectivity index (χ0n) is 18.3. The fourth-order valence-corrected chi connectivity index (χ4v) is 4.84. The molecule has 7 heteroatoms. The maximum Gasteiger partial charge on any atom is 0.176 e. The molecular weight excluding hydrogens is 439 g/mol. The van der Waals surface area contributed by atoms with Crippen LogP contribution in [0.25, 0.3) is 0 Å². The summed E-state index contributed by atoms with van der Waals surface area (Å²) in [6.45, 7) is -0.160. The fourth-order valence-electron chi connectivity index (χ4n) is 4.49. The number of nitrogens with zero attached hydrogens (tertiary/aromatic N) is 2. The highest BCUT2D eigenvalue weighted by Crippen LogP contribution is 2.43. The second kappa shape index (κ2) is 9.87. The molecule has 0 aliphatic carbocycles. The SMILES string of the molecule is CN1C(=S)N(c2ccccc2)C(c2ccc(CO)cc2O)[C@@H]1CCC(O)c1ccc(F)cc1. The molecule has 0 spiro atoms. The normalized spacial score (nSPS) is 19.2. The van der Waals surface area contributed by atoms with Crippen LogP contribution in [0.3, 0.4) is 0 Å². The van der Waals surface area contributed by atoms with Crippen LogP contribution in [0.1, 0.15) is 41.7 Å². The molecule has 2 unspecified atom stereocenters. The predicted octanol–water partition coefficient (Wildman–Crippen LogP) is 4.68. The zero-order chi connectivity index (χ0) is 23.5. The maximum absolute atomic E-state index is 13.3. The number of hydrogen-bond acceptors (Lipinski definition) is 4. The first-order chi connectivity index (χ1) is 15.9. The van der Waals surface area contributed by atoms with Gasteiger partial charge >= 0.3 is 0 Å². The quantitative estimate of drug-likeness (QED) is 0.439. The molecule has 172 valence electrons. The molecule has 0 radical (unpaired) electrons. The minimum atomic E-state index is -0.746. The van der Waals surface area contributed by atoms with Crippen molar-refractivity contribution < 1.29 is 19.7 Å². The Morgan fingerprint density at radius 3 is 2.36 bits per heavy atom. The molecule has 0 amide bonds. The van der Waals surface area contributed by atoms with Crippen LogP contribution in [-0.2, 0) is 6.61 Å². The van der Waals surface area contributed by atoms with Gasteiger partial charge in [0.15, 0.2) is 5.11 Å². The molecule has 3 aromatic carbocycles. The molecule has 1 saturated heterocycles. The molecular formula is C26H27FN2O3S. The number of benzene rings is 3. The Kier molecular flexibility index (Phi) is 6.93. The number of aliphatic hydroxyl groups excluding tert-OH is 2. The highest BCUT2D eigenvalue weighted by Gasteiger charge is 2.44. The number of aliphatic hydroxyl groups is 2. The largest absolute Gasteiger partial charge is 0.508 e. The Morgan fingerprint density at radius 1 is 1.03 bits per heavy atom. The molecule has 3 atom stereocenters. The van der Waals surface area contributed by atoms with E-state index in [0.717, 1.165) is 5.69 Å². The monoisotopic (exact) mass is 466 g/mol. The summed E-state index contributed by atoms with van der Waals surface area (Å²) in [5, 5.41) is 31.6. The van der Waals surface area contributed by atoms with Gasteiger partial charge in [0, 0.05) is 18.3 Å². The van der Waals surface area contributed by atoms with Gasteiger partial charge in [0.05, 0.1) is 24.8 Å². The molecule has 5 nitrogen and oxygen atoms in total. The van der Waals surface area contributed by atoms with E-state index in [0.29, 0.717) is 34.6 Å². The number of phenolic OH excluding ortho intramolecular Hbond substituents is 1. The van der Waals surface area contributed by atoms with Crippen LogP contribution < -0.4 is 4.90 Å². The van der Waals surface area contributed by atoms with E-state index in [-0.39, 0.29) is 30.3 Å². The highest BCUT2D eigenvalue weighted by atomic mass is 32.1. The molecule has 1 aliphatic rings. The van der Waals surface area contributed by atoms with Crippen molar-refractivity contribution in [1.29, 1.82) is 0 Å². The molecule has 3 N–H and O–H groups in total. The number of thiocarbonyl (C=S) groups is 1. The summed E-state index contributed by atoms with van der Waals surface area (Å²) < 4.78 is 13.3. The van der Waals surface area contributed by atoms with Crippen LogP contribution in [0.5, 0.6) is 5.75 Å². The van der Waals surface area contributed by atoms with Crippen molar-refractivity contribution in [2.45, 2.75) is 37.6 Å². The Bertz CT molecular complexity index is 1110. The molecule has 3 aromatic rings. The molecule has 0 saturated carbocycles. The van der Waals surface area contributed by atoms with Gasteiger partial charge in [-0.3, -0.25) is 0 Å². The predicted molar refractivity (Wildman–Crippen MR) is 130 cm³/mol. The maximum atomic E-state index is 13.3. The third-order valence-corrected chi connectivity index (χ3v) is 6.75. The number of hydrogen-bond donors (Lipinski definition) is 3. The minimum Gasteiger partial charge on any atom is -0.508 e. The highest BCUT2D eigenvalue weighted by molar-refractivity contribution is 7.80. The van der Waals surface area contributed by atoms with E-state index >= 15 is 0 Å². The number of halogens is 1. The summed E-state index contributed by atoms with van der Waals surface area (Å²) in [6, 6.07) is 20.4. The van der Waals surface area contributed by atoms with Gasteiger partial charge in [0.2, 0.25) is 0 Å². The summed E-state index contributed by atoms with van der Waals surface area (Å²) in [5.74, 6) is -0.248. The molecule has 1 heterocycles. The number of rotatable bonds is 7. The van der Waals surface area contributed by atoms with Crippen molar-refractivity contribution in [3.8, 4) is 5.75 Å². The number of phenols is 1. The van der Waals surface area contributed by atoms with Crippen molar-refractivity contribution in [2.24, 2.45) is 0 Å². The summed E-state index contributed by atoms with van der Waals surface area (Å²) >= 11 is 5.80. The van der Waals surface area contributed by atoms with Crippen LogP contribution in [0.15, 0.2) is 72.8 Å². The zero-order valence-corrected chi connectivity index (χ0v) is 19.1. The molecule has 33 heavy (non-hydrogen) atoms. The van der Waals surface area contributed by atoms with Crippen molar-refractivity contribution in [3.05, 3.63) is 95.3 Å². The van der Waals surface area contributed by atoms with Crippen molar-refractivity contribution in [3.63, 3.8) is 0 Å². The lowest BCUT2D eigenvalue weighted by molar-refractivity contribution is 0.152.